The highest BCUT2D eigenvalue weighted by atomic mass is 35.5. The zero-order valence-corrected chi connectivity index (χ0v) is 23.3. The van der Waals surface area contributed by atoms with Gasteiger partial charge in [-0.3, -0.25) is 9.69 Å². The number of aromatic nitrogens is 4. The summed E-state index contributed by atoms with van der Waals surface area (Å²) in [6.45, 7) is 3.26. The molecule has 42 heavy (non-hydrogen) atoms. The summed E-state index contributed by atoms with van der Waals surface area (Å²) >= 11 is 6.24. The molecule has 0 aliphatic carbocycles. The van der Waals surface area contributed by atoms with E-state index in [0.29, 0.717) is 56.3 Å². The van der Waals surface area contributed by atoms with Crippen LogP contribution in [0.2, 0.25) is 5.02 Å². The van der Waals surface area contributed by atoms with E-state index in [9.17, 15) is 18.8 Å². The van der Waals surface area contributed by atoms with E-state index in [1.54, 1.807) is 12.1 Å². The number of nitrogens with zero attached hydrogens (tertiary/aromatic N) is 8. The molecule has 3 heterocycles. The van der Waals surface area contributed by atoms with Gasteiger partial charge < -0.3 is 9.80 Å². The lowest BCUT2D eigenvalue weighted by Gasteiger charge is -2.38. The van der Waals surface area contributed by atoms with Crippen LogP contribution < -0.4 is 4.90 Å². The highest BCUT2D eigenvalue weighted by molar-refractivity contribution is 6.30. The van der Waals surface area contributed by atoms with Gasteiger partial charge in [0.05, 0.1) is 28.9 Å². The monoisotopic (exact) mass is 588 g/mol. The second-order valence-corrected chi connectivity index (χ2v) is 10.9. The standard InChI is InChI=1S/C30H27ClF2N8O/c31-22-6-3-4-20(14-22)18-40-19-24(41-36-29(35-37-41)25-9-8-23(32)15-26(25)33)16-28(40)30(42)39-12-10-38(11-13-39)27-7-2-1-5-21(27)17-34/h1-9,14-15,24,28H,10-13,16,18-19H2/t24-,28-/m0/s1. The quantitative estimate of drug-likeness (QED) is 0.331. The number of anilines is 1. The van der Waals surface area contributed by atoms with E-state index < -0.39 is 17.7 Å². The maximum Gasteiger partial charge on any atom is 0.240 e. The summed E-state index contributed by atoms with van der Waals surface area (Å²) in [4.78, 5) is 21.5. The molecule has 3 aromatic carbocycles. The van der Waals surface area contributed by atoms with E-state index in [0.717, 1.165) is 23.4 Å². The minimum absolute atomic E-state index is 0.0117. The molecule has 9 nitrogen and oxygen atoms in total. The average molecular weight is 589 g/mol. The Morgan fingerprint density at radius 1 is 1.02 bits per heavy atom. The fourth-order valence-electron chi connectivity index (χ4n) is 5.73. The molecule has 0 saturated carbocycles. The number of carbonyl (C=O) groups is 1. The molecule has 1 aromatic heterocycles. The van der Waals surface area contributed by atoms with Crippen LogP contribution in [0.3, 0.4) is 0 Å². The average Bonchev–Trinajstić information content (AvgIpc) is 3.65. The third-order valence-electron chi connectivity index (χ3n) is 7.82. The SMILES string of the molecule is N#Cc1ccccc1N1CCN(C(=O)[C@@H]2C[C@H](n3nnc(-c4ccc(F)cc4F)n3)CN2Cc2cccc(Cl)c2)CC1. The van der Waals surface area contributed by atoms with E-state index >= 15 is 0 Å². The van der Waals surface area contributed by atoms with Gasteiger partial charge in [-0.1, -0.05) is 35.9 Å². The molecular weight excluding hydrogens is 562 g/mol. The number of likely N-dealkylation sites (tertiary alicyclic amines) is 1. The molecule has 2 saturated heterocycles. The lowest BCUT2D eigenvalue weighted by atomic mass is 10.1. The van der Waals surface area contributed by atoms with E-state index in [1.807, 2.05) is 41.3 Å². The summed E-state index contributed by atoms with van der Waals surface area (Å²) in [5.41, 5.74) is 2.52. The Balaban J connectivity index is 1.20. The van der Waals surface area contributed by atoms with Crippen LogP contribution in [0.15, 0.2) is 66.7 Å². The molecule has 0 unspecified atom stereocenters. The summed E-state index contributed by atoms with van der Waals surface area (Å²) in [7, 11) is 0. The van der Waals surface area contributed by atoms with Gasteiger partial charge in [0.15, 0.2) is 0 Å². The topological polar surface area (TPSA) is 94.2 Å². The summed E-state index contributed by atoms with van der Waals surface area (Å²) in [5.74, 6) is -1.39. The van der Waals surface area contributed by atoms with Crippen LogP contribution in [0.5, 0.6) is 0 Å². The molecule has 6 rings (SSSR count). The van der Waals surface area contributed by atoms with Crippen molar-refractivity contribution < 1.29 is 13.6 Å². The van der Waals surface area contributed by atoms with Crippen molar-refractivity contribution in [1.29, 1.82) is 5.26 Å². The second kappa shape index (κ2) is 11.8. The summed E-state index contributed by atoms with van der Waals surface area (Å²) < 4.78 is 27.8. The summed E-state index contributed by atoms with van der Waals surface area (Å²) in [6.07, 6.45) is 0.443. The van der Waals surface area contributed by atoms with Gasteiger partial charge in [-0.15, -0.1) is 10.2 Å². The number of carbonyl (C=O) groups excluding carboxylic acids is 1. The molecule has 4 aromatic rings. The molecule has 1 amide bonds. The Labute approximate surface area is 246 Å². The predicted molar refractivity (Wildman–Crippen MR) is 152 cm³/mol. The largest absolute Gasteiger partial charge is 0.367 e. The van der Waals surface area contributed by atoms with Crippen molar-refractivity contribution >= 4 is 23.2 Å². The van der Waals surface area contributed by atoms with E-state index in [2.05, 4.69) is 31.3 Å². The number of rotatable bonds is 6. The molecule has 0 radical (unpaired) electrons. The maximum absolute atomic E-state index is 14.4. The molecule has 0 bridgehead atoms. The van der Waals surface area contributed by atoms with Crippen LogP contribution in [0.1, 0.15) is 23.6 Å². The number of amides is 1. The van der Waals surface area contributed by atoms with Gasteiger partial charge in [-0.25, -0.2) is 8.78 Å². The molecule has 0 spiro atoms. The Bertz CT molecular complexity index is 1650. The Morgan fingerprint density at radius 2 is 1.83 bits per heavy atom. The number of hydrogen-bond donors (Lipinski definition) is 0. The fraction of sp³-hybridized carbons (Fsp3) is 0.300. The van der Waals surface area contributed by atoms with Gasteiger partial charge in [0, 0.05) is 50.4 Å². The van der Waals surface area contributed by atoms with Gasteiger partial charge >= 0.3 is 0 Å². The van der Waals surface area contributed by atoms with Crippen molar-refractivity contribution in [3.8, 4) is 17.5 Å². The molecule has 12 heteroatoms. The highest BCUT2D eigenvalue weighted by Gasteiger charge is 2.41. The lowest BCUT2D eigenvalue weighted by molar-refractivity contribution is -0.136. The van der Waals surface area contributed by atoms with Gasteiger partial charge in [-0.05, 0) is 53.6 Å². The Kier molecular flexibility index (Phi) is 7.82. The van der Waals surface area contributed by atoms with Gasteiger partial charge in [0.25, 0.3) is 0 Å². The minimum atomic E-state index is -0.770. The van der Waals surface area contributed by atoms with Crippen molar-refractivity contribution in [2.45, 2.75) is 25.0 Å². The van der Waals surface area contributed by atoms with Gasteiger partial charge in [-0.2, -0.15) is 10.1 Å². The fourth-order valence-corrected chi connectivity index (χ4v) is 5.94. The minimum Gasteiger partial charge on any atom is -0.367 e. The third-order valence-corrected chi connectivity index (χ3v) is 8.06. The normalized spacial score (nSPS) is 19.2. The number of benzene rings is 3. The molecular formula is C30H27ClF2N8O. The molecule has 2 fully saturated rings. The van der Waals surface area contributed by atoms with Crippen LogP contribution in [-0.4, -0.2) is 74.7 Å². The van der Waals surface area contributed by atoms with Gasteiger partial charge in [0.2, 0.25) is 11.7 Å². The first kappa shape index (κ1) is 27.8. The first-order valence-corrected chi connectivity index (χ1v) is 14.0. The number of halogens is 3. The summed E-state index contributed by atoms with van der Waals surface area (Å²) in [5, 5.41) is 22.7. The third kappa shape index (κ3) is 5.68. The summed E-state index contributed by atoms with van der Waals surface area (Å²) in [6, 6.07) is 19.8. The van der Waals surface area contributed by atoms with Crippen molar-refractivity contribution in [1.82, 2.24) is 30.0 Å². The molecule has 2 atom stereocenters. The van der Waals surface area contributed by atoms with Crippen LogP contribution in [-0.2, 0) is 11.3 Å². The smallest absolute Gasteiger partial charge is 0.240 e. The number of hydrogen-bond acceptors (Lipinski definition) is 7. The molecule has 2 aliphatic rings. The van der Waals surface area contributed by atoms with Crippen LogP contribution in [0, 0.1) is 23.0 Å². The Morgan fingerprint density at radius 3 is 2.60 bits per heavy atom. The zero-order chi connectivity index (χ0) is 29.2. The number of nitriles is 1. The van der Waals surface area contributed by atoms with Crippen molar-refractivity contribution in [2.24, 2.45) is 0 Å². The van der Waals surface area contributed by atoms with Crippen molar-refractivity contribution in [2.75, 3.05) is 37.6 Å². The number of piperazine rings is 1. The van der Waals surface area contributed by atoms with Crippen molar-refractivity contribution in [3.05, 3.63) is 94.5 Å². The number of tetrazole rings is 1. The van der Waals surface area contributed by atoms with E-state index in [-0.39, 0.29) is 23.3 Å². The van der Waals surface area contributed by atoms with E-state index in [1.165, 1.54) is 10.9 Å². The van der Waals surface area contributed by atoms with Crippen molar-refractivity contribution in [3.63, 3.8) is 0 Å². The Hall–Kier alpha value is -4.40. The number of para-hydroxylation sites is 1. The molecule has 0 N–H and O–H groups in total. The molecule has 214 valence electrons. The lowest BCUT2D eigenvalue weighted by Crippen LogP contribution is -2.53. The van der Waals surface area contributed by atoms with Crippen LogP contribution in [0.25, 0.3) is 11.4 Å². The maximum atomic E-state index is 14.4. The molecule has 2 aliphatic heterocycles. The highest BCUT2D eigenvalue weighted by Crippen LogP contribution is 2.31. The van der Waals surface area contributed by atoms with E-state index in [4.69, 9.17) is 11.6 Å². The van der Waals surface area contributed by atoms with Gasteiger partial charge in [0.1, 0.15) is 17.7 Å². The second-order valence-electron chi connectivity index (χ2n) is 10.5. The first-order valence-electron chi connectivity index (χ1n) is 13.7. The van der Waals surface area contributed by atoms with Crippen LogP contribution >= 0.6 is 11.6 Å². The van der Waals surface area contributed by atoms with Crippen LogP contribution in [0.4, 0.5) is 14.5 Å². The zero-order valence-electron chi connectivity index (χ0n) is 22.6. The first-order chi connectivity index (χ1) is 20.4. The predicted octanol–water partition coefficient (Wildman–Crippen LogP) is 4.31.